The molecule has 5 heteroatoms. The van der Waals surface area contributed by atoms with Crippen LogP contribution in [0.5, 0.6) is 5.75 Å². The first-order valence-electron chi connectivity index (χ1n) is 5.36. The Morgan fingerprint density at radius 3 is 2.21 bits per heavy atom. The highest BCUT2D eigenvalue weighted by Crippen LogP contribution is 2.28. The van der Waals surface area contributed by atoms with Crippen molar-refractivity contribution in [2.75, 3.05) is 7.11 Å². The van der Waals surface area contributed by atoms with Crippen LogP contribution in [0.2, 0.25) is 10.0 Å². The maximum Gasteiger partial charge on any atom is 0.193 e. The first kappa shape index (κ1) is 14.4. The molecule has 98 valence electrons. The van der Waals surface area contributed by atoms with Gasteiger partial charge < -0.3 is 4.74 Å². The van der Waals surface area contributed by atoms with Crippen molar-refractivity contribution >= 4 is 44.9 Å². The molecule has 0 atom stereocenters. The quantitative estimate of drug-likeness (QED) is 0.721. The van der Waals surface area contributed by atoms with Crippen molar-refractivity contribution in [1.29, 1.82) is 0 Å². The van der Waals surface area contributed by atoms with Gasteiger partial charge in [0, 0.05) is 15.6 Å². The van der Waals surface area contributed by atoms with Crippen molar-refractivity contribution in [3.05, 3.63) is 62.0 Å². The molecule has 2 aromatic carbocycles. The molecule has 0 spiro atoms. The molecule has 19 heavy (non-hydrogen) atoms. The number of halogens is 3. The molecule has 0 fully saturated rings. The van der Waals surface area contributed by atoms with Crippen molar-refractivity contribution < 1.29 is 9.53 Å². The Morgan fingerprint density at radius 2 is 1.63 bits per heavy atom. The first-order chi connectivity index (χ1) is 9.02. The summed E-state index contributed by atoms with van der Waals surface area (Å²) in [5, 5.41) is 1.03. The highest BCUT2D eigenvalue weighted by Gasteiger charge is 2.13. The van der Waals surface area contributed by atoms with E-state index in [0.717, 1.165) is 0 Å². The number of methoxy groups -OCH3 is 1. The van der Waals surface area contributed by atoms with Crippen LogP contribution in [0, 0.1) is 0 Å². The van der Waals surface area contributed by atoms with E-state index in [9.17, 15) is 4.79 Å². The fourth-order valence-electron chi connectivity index (χ4n) is 1.61. The van der Waals surface area contributed by atoms with Crippen LogP contribution < -0.4 is 4.74 Å². The molecule has 0 aromatic heterocycles. The zero-order chi connectivity index (χ0) is 14.0. The van der Waals surface area contributed by atoms with E-state index in [2.05, 4.69) is 15.9 Å². The predicted octanol–water partition coefficient (Wildman–Crippen LogP) is 5.00. The van der Waals surface area contributed by atoms with Gasteiger partial charge >= 0.3 is 0 Å². The molecular formula is C14H9BrCl2O2. The highest BCUT2D eigenvalue weighted by molar-refractivity contribution is 9.10. The molecule has 0 radical (unpaired) electrons. The summed E-state index contributed by atoms with van der Waals surface area (Å²) in [5.74, 6) is 0.355. The van der Waals surface area contributed by atoms with E-state index in [1.165, 1.54) is 7.11 Å². The average molecular weight is 360 g/mol. The molecule has 0 bridgehead atoms. The molecule has 0 aliphatic heterocycles. The Labute approximate surface area is 129 Å². The monoisotopic (exact) mass is 358 g/mol. The minimum Gasteiger partial charge on any atom is -0.495 e. The lowest BCUT2D eigenvalue weighted by Crippen LogP contribution is -2.02. The minimum atomic E-state index is -0.118. The second-order valence-corrected chi connectivity index (χ2v) is 5.48. The standard InChI is InChI=1S/C14H9BrCl2O2/c1-19-13-7-9(3-5-12(13)17)14(18)8-2-4-11(16)10(15)6-8/h2-7H,1H3. The largest absolute Gasteiger partial charge is 0.495 e. The lowest BCUT2D eigenvalue weighted by Gasteiger charge is -2.07. The highest BCUT2D eigenvalue weighted by atomic mass is 79.9. The van der Waals surface area contributed by atoms with E-state index in [0.29, 0.717) is 31.4 Å². The van der Waals surface area contributed by atoms with Gasteiger partial charge in [-0.15, -0.1) is 0 Å². The summed E-state index contributed by atoms with van der Waals surface area (Å²) in [5.41, 5.74) is 1.05. The number of hydrogen-bond acceptors (Lipinski definition) is 2. The van der Waals surface area contributed by atoms with Crippen molar-refractivity contribution in [2.45, 2.75) is 0 Å². The van der Waals surface area contributed by atoms with Crippen LogP contribution in [0.4, 0.5) is 0 Å². The molecule has 0 aliphatic rings. The van der Waals surface area contributed by atoms with Crippen molar-refractivity contribution in [3.63, 3.8) is 0 Å². The summed E-state index contributed by atoms with van der Waals surface area (Å²) in [6.45, 7) is 0. The summed E-state index contributed by atoms with van der Waals surface area (Å²) in [4.78, 5) is 12.3. The average Bonchev–Trinajstić information content (AvgIpc) is 2.41. The first-order valence-corrected chi connectivity index (χ1v) is 6.91. The predicted molar refractivity (Wildman–Crippen MR) is 80.6 cm³/mol. The summed E-state index contributed by atoms with van der Waals surface area (Å²) >= 11 is 15.1. The Bertz CT molecular complexity index is 641. The third kappa shape index (κ3) is 3.11. The van der Waals surface area contributed by atoms with Gasteiger partial charge in [-0.25, -0.2) is 0 Å². The zero-order valence-corrected chi connectivity index (χ0v) is 13.0. The Kier molecular flexibility index (Phi) is 4.50. The fourth-order valence-corrected chi connectivity index (χ4v) is 2.30. The fraction of sp³-hybridized carbons (Fsp3) is 0.0714. The smallest absolute Gasteiger partial charge is 0.193 e. The number of benzene rings is 2. The van der Waals surface area contributed by atoms with Crippen LogP contribution >= 0.6 is 39.1 Å². The van der Waals surface area contributed by atoms with Crippen LogP contribution in [-0.2, 0) is 0 Å². The van der Waals surface area contributed by atoms with Gasteiger partial charge in [0.2, 0.25) is 0 Å². The van der Waals surface area contributed by atoms with Gasteiger partial charge in [0.1, 0.15) is 5.75 Å². The van der Waals surface area contributed by atoms with Crippen LogP contribution in [0.3, 0.4) is 0 Å². The molecule has 0 amide bonds. The third-order valence-electron chi connectivity index (χ3n) is 2.60. The van der Waals surface area contributed by atoms with E-state index in [1.807, 2.05) is 0 Å². The summed E-state index contributed by atoms with van der Waals surface area (Å²) in [7, 11) is 1.51. The molecule has 0 N–H and O–H groups in total. The molecule has 2 nitrogen and oxygen atoms in total. The second kappa shape index (κ2) is 5.95. The van der Waals surface area contributed by atoms with Crippen LogP contribution in [0.25, 0.3) is 0 Å². The van der Waals surface area contributed by atoms with E-state index < -0.39 is 0 Å². The Balaban J connectivity index is 2.41. The van der Waals surface area contributed by atoms with Gasteiger partial charge in [-0.05, 0) is 52.3 Å². The van der Waals surface area contributed by atoms with Crippen molar-refractivity contribution in [3.8, 4) is 5.75 Å². The lowest BCUT2D eigenvalue weighted by molar-refractivity contribution is 0.103. The van der Waals surface area contributed by atoms with Crippen LogP contribution in [0.1, 0.15) is 15.9 Å². The third-order valence-corrected chi connectivity index (χ3v) is 4.12. The second-order valence-electron chi connectivity index (χ2n) is 3.81. The van der Waals surface area contributed by atoms with E-state index >= 15 is 0 Å². The lowest BCUT2D eigenvalue weighted by atomic mass is 10.0. The molecule has 0 unspecified atom stereocenters. The zero-order valence-electron chi connectivity index (χ0n) is 9.91. The van der Waals surface area contributed by atoms with Gasteiger partial charge in [-0.2, -0.15) is 0 Å². The molecule has 0 saturated carbocycles. The minimum absolute atomic E-state index is 0.118. The van der Waals surface area contributed by atoms with Crippen molar-refractivity contribution in [2.24, 2.45) is 0 Å². The van der Waals surface area contributed by atoms with Crippen molar-refractivity contribution in [1.82, 2.24) is 0 Å². The number of hydrogen-bond donors (Lipinski definition) is 0. The molecule has 0 saturated heterocycles. The van der Waals surface area contributed by atoms with Crippen LogP contribution in [-0.4, -0.2) is 12.9 Å². The van der Waals surface area contributed by atoms with Crippen LogP contribution in [0.15, 0.2) is 40.9 Å². The van der Waals surface area contributed by atoms with Gasteiger partial charge in [-0.3, -0.25) is 4.79 Å². The number of rotatable bonds is 3. The van der Waals surface area contributed by atoms with Gasteiger partial charge in [0.05, 0.1) is 17.2 Å². The van der Waals surface area contributed by atoms with E-state index in [-0.39, 0.29) is 5.78 Å². The molecule has 2 rings (SSSR count). The number of carbonyl (C=O) groups is 1. The maximum absolute atomic E-state index is 12.3. The normalized spacial score (nSPS) is 10.3. The van der Waals surface area contributed by atoms with Gasteiger partial charge in [0.25, 0.3) is 0 Å². The number of carbonyl (C=O) groups excluding carboxylic acids is 1. The van der Waals surface area contributed by atoms with E-state index in [1.54, 1.807) is 36.4 Å². The Hall–Kier alpha value is -1.03. The SMILES string of the molecule is COc1cc(C(=O)c2ccc(Cl)c(Br)c2)ccc1Cl. The Morgan fingerprint density at radius 1 is 1.05 bits per heavy atom. The maximum atomic E-state index is 12.3. The van der Waals surface area contributed by atoms with Gasteiger partial charge in [0.15, 0.2) is 5.78 Å². The van der Waals surface area contributed by atoms with Gasteiger partial charge in [-0.1, -0.05) is 23.2 Å². The summed E-state index contributed by atoms with van der Waals surface area (Å²) < 4.78 is 5.78. The number of ether oxygens (including phenoxy) is 1. The molecule has 0 heterocycles. The summed E-state index contributed by atoms with van der Waals surface area (Å²) in [6, 6.07) is 9.95. The summed E-state index contributed by atoms with van der Waals surface area (Å²) in [6.07, 6.45) is 0. The topological polar surface area (TPSA) is 26.3 Å². The molecule has 0 aliphatic carbocycles. The van der Waals surface area contributed by atoms with E-state index in [4.69, 9.17) is 27.9 Å². The molecular weight excluding hydrogens is 351 g/mol. The number of ketones is 1. The molecule has 2 aromatic rings.